The Bertz CT molecular complexity index is 1030. The van der Waals surface area contributed by atoms with Gasteiger partial charge in [-0.3, -0.25) is 14.4 Å². The van der Waals surface area contributed by atoms with Crippen LogP contribution >= 0.6 is 0 Å². The van der Waals surface area contributed by atoms with Gasteiger partial charge in [-0.1, -0.05) is 26.0 Å². The van der Waals surface area contributed by atoms with Crippen LogP contribution < -0.4 is 5.32 Å². The molecule has 3 rings (SSSR count). The number of amides is 1. The molecule has 0 aliphatic rings. The Kier molecular flexibility index (Phi) is 6.44. The highest BCUT2D eigenvalue weighted by Crippen LogP contribution is 2.23. The zero-order valence-corrected chi connectivity index (χ0v) is 16.5. The lowest BCUT2D eigenvalue weighted by atomic mass is 10.1. The second kappa shape index (κ2) is 9.19. The van der Waals surface area contributed by atoms with E-state index in [0.29, 0.717) is 17.7 Å². The largest absolute Gasteiger partial charge is 0.464 e. The van der Waals surface area contributed by atoms with E-state index in [4.69, 9.17) is 9.15 Å². The molecule has 6 heteroatoms. The summed E-state index contributed by atoms with van der Waals surface area (Å²) in [5.74, 6) is -0.903. The summed E-state index contributed by atoms with van der Waals surface area (Å²) in [6, 6.07) is 12.4. The second-order valence-corrected chi connectivity index (χ2v) is 6.68. The quantitative estimate of drug-likeness (QED) is 0.455. The van der Waals surface area contributed by atoms with E-state index in [2.05, 4.69) is 12.2 Å². The lowest BCUT2D eigenvalue weighted by Crippen LogP contribution is -2.16. The van der Waals surface area contributed by atoms with Crippen LogP contribution in [-0.4, -0.2) is 24.3 Å². The maximum atomic E-state index is 12.2. The molecule has 0 radical (unpaired) electrons. The highest BCUT2D eigenvalue weighted by atomic mass is 16.5. The van der Waals surface area contributed by atoms with Gasteiger partial charge in [-0.25, -0.2) is 0 Å². The molecule has 0 aliphatic carbocycles. The molecule has 0 fully saturated rings. The summed E-state index contributed by atoms with van der Waals surface area (Å²) in [6.45, 7) is 3.49. The van der Waals surface area contributed by atoms with E-state index < -0.39 is 5.97 Å². The van der Waals surface area contributed by atoms with Crippen molar-refractivity contribution in [2.75, 3.05) is 11.9 Å². The topological polar surface area (TPSA) is 85.6 Å². The minimum atomic E-state index is -0.493. The number of furan rings is 1. The predicted molar refractivity (Wildman–Crippen MR) is 110 cm³/mol. The van der Waals surface area contributed by atoms with Gasteiger partial charge in [0.1, 0.15) is 5.58 Å². The first kappa shape index (κ1) is 20.3. The molecule has 0 spiro atoms. The molecule has 2 aromatic carbocycles. The summed E-state index contributed by atoms with van der Waals surface area (Å²) >= 11 is 0. The van der Waals surface area contributed by atoms with Crippen LogP contribution in [-0.2, 0) is 27.2 Å². The molecule has 29 heavy (non-hydrogen) atoms. The van der Waals surface area contributed by atoms with Gasteiger partial charge in [-0.05, 0) is 42.3 Å². The van der Waals surface area contributed by atoms with Crippen molar-refractivity contribution in [1.29, 1.82) is 0 Å². The monoisotopic (exact) mass is 393 g/mol. The molecule has 0 saturated carbocycles. The number of aryl methyl sites for hydroxylation is 1. The lowest BCUT2D eigenvalue weighted by Gasteiger charge is -2.06. The lowest BCUT2D eigenvalue weighted by molar-refractivity contribution is -0.141. The molecule has 0 saturated heterocycles. The molecule has 6 nitrogen and oxygen atoms in total. The van der Waals surface area contributed by atoms with E-state index >= 15 is 0 Å². The summed E-state index contributed by atoms with van der Waals surface area (Å²) in [5.41, 5.74) is 3.65. The van der Waals surface area contributed by atoms with Crippen molar-refractivity contribution in [3.05, 3.63) is 65.4 Å². The Morgan fingerprint density at radius 3 is 2.48 bits per heavy atom. The number of carbonyl (C=O) groups excluding carboxylic acids is 3. The number of hydrogen-bond donors (Lipinski definition) is 1. The zero-order valence-electron chi connectivity index (χ0n) is 16.5. The first-order valence-electron chi connectivity index (χ1n) is 9.58. The molecule has 3 aromatic rings. The van der Waals surface area contributed by atoms with Gasteiger partial charge in [-0.15, -0.1) is 0 Å². The number of esters is 1. The van der Waals surface area contributed by atoms with Crippen LogP contribution in [0.3, 0.4) is 0 Å². The molecule has 1 aromatic heterocycles. The number of ketones is 1. The molecule has 0 bridgehead atoms. The minimum absolute atomic E-state index is 0.0355. The standard InChI is InChI=1S/C23H23NO5/c1-3-15-5-10-19-17(13-28-21(19)11-15)12-23(27)29-14-20(25)16-6-8-18(9-7-16)24-22(26)4-2/h5-11,13H,3-4,12,14H2,1-2H3,(H,24,26). The number of fused-ring (bicyclic) bond motifs is 1. The third kappa shape index (κ3) is 5.10. The third-order valence-corrected chi connectivity index (χ3v) is 4.64. The van der Waals surface area contributed by atoms with Gasteiger partial charge >= 0.3 is 5.97 Å². The molecule has 0 unspecified atom stereocenters. The average Bonchev–Trinajstić information content (AvgIpc) is 3.14. The van der Waals surface area contributed by atoms with Gasteiger partial charge < -0.3 is 14.5 Å². The first-order valence-corrected chi connectivity index (χ1v) is 9.58. The summed E-state index contributed by atoms with van der Waals surface area (Å²) < 4.78 is 10.7. The van der Waals surface area contributed by atoms with Crippen molar-refractivity contribution in [2.45, 2.75) is 33.1 Å². The van der Waals surface area contributed by atoms with Gasteiger partial charge in [-0.2, -0.15) is 0 Å². The van der Waals surface area contributed by atoms with Crippen LogP contribution in [0.15, 0.2) is 53.1 Å². The van der Waals surface area contributed by atoms with Gasteiger partial charge in [0.25, 0.3) is 0 Å². The number of benzene rings is 2. The molecule has 0 aliphatic heterocycles. The first-order chi connectivity index (χ1) is 14.0. The Hall–Kier alpha value is -3.41. The van der Waals surface area contributed by atoms with Crippen molar-refractivity contribution in [2.24, 2.45) is 0 Å². The number of nitrogens with one attached hydrogen (secondary N) is 1. The second-order valence-electron chi connectivity index (χ2n) is 6.68. The highest BCUT2D eigenvalue weighted by molar-refractivity contribution is 5.99. The normalized spacial score (nSPS) is 10.7. The molecular formula is C23H23NO5. The van der Waals surface area contributed by atoms with Crippen molar-refractivity contribution < 1.29 is 23.5 Å². The number of carbonyl (C=O) groups is 3. The van der Waals surface area contributed by atoms with Crippen molar-refractivity contribution in [3.63, 3.8) is 0 Å². The van der Waals surface area contributed by atoms with Gasteiger partial charge in [0.05, 0.1) is 12.7 Å². The molecule has 1 heterocycles. The Morgan fingerprint density at radius 1 is 1.03 bits per heavy atom. The van der Waals surface area contributed by atoms with Gasteiger partial charge in [0, 0.05) is 28.6 Å². The Morgan fingerprint density at radius 2 is 1.79 bits per heavy atom. The van der Waals surface area contributed by atoms with E-state index in [-0.39, 0.29) is 24.7 Å². The van der Waals surface area contributed by atoms with Crippen LogP contribution in [0.4, 0.5) is 5.69 Å². The van der Waals surface area contributed by atoms with Crippen molar-refractivity contribution in [1.82, 2.24) is 0 Å². The van der Waals surface area contributed by atoms with Crippen LogP contribution in [0, 0.1) is 0 Å². The molecular weight excluding hydrogens is 370 g/mol. The summed E-state index contributed by atoms with van der Waals surface area (Å²) in [6.07, 6.45) is 2.87. The van der Waals surface area contributed by atoms with Crippen LogP contribution in [0.2, 0.25) is 0 Å². The average molecular weight is 393 g/mol. The maximum absolute atomic E-state index is 12.2. The van der Waals surface area contributed by atoms with E-state index in [1.807, 2.05) is 18.2 Å². The van der Waals surface area contributed by atoms with Crippen LogP contribution in [0.5, 0.6) is 0 Å². The third-order valence-electron chi connectivity index (χ3n) is 4.64. The fraction of sp³-hybridized carbons (Fsp3) is 0.261. The van der Waals surface area contributed by atoms with E-state index in [9.17, 15) is 14.4 Å². The van der Waals surface area contributed by atoms with Gasteiger partial charge in [0.2, 0.25) is 5.91 Å². The number of hydrogen-bond acceptors (Lipinski definition) is 5. The minimum Gasteiger partial charge on any atom is -0.464 e. The van der Waals surface area contributed by atoms with Gasteiger partial charge in [0.15, 0.2) is 12.4 Å². The Balaban J connectivity index is 1.55. The van der Waals surface area contributed by atoms with E-state index in [0.717, 1.165) is 28.5 Å². The van der Waals surface area contributed by atoms with Crippen LogP contribution in [0.1, 0.15) is 41.8 Å². The van der Waals surface area contributed by atoms with Crippen molar-refractivity contribution >= 4 is 34.3 Å². The highest BCUT2D eigenvalue weighted by Gasteiger charge is 2.14. The predicted octanol–water partition coefficient (Wildman–Crippen LogP) is 4.31. The van der Waals surface area contributed by atoms with E-state index in [1.54, 1.807) is 37.5 Å². The zero-order chi connectivity index (χ0) is 20.8. The summed E-state index contributed by atoms with van der Waals surface area (Å²) in [7, 11) is 0. The number of anilines is 1. The maximum Gasteiger partial charge on any atom is 0.310 e. The Labute approximate surface area is 168 Å². The van der Waals surface area contributed by atoms with E-state index in [1.165, 1.54) is 0 Å². The smallest absolute Gasteiger partial charge is 0.310 e. The number of Topliss-reactive ketones (excluding diaryl/α,β-unsaturated/α-hetero) is 1. The van der Waals surface area contributed by atoms with Crippen LogP contribution in [0.25, 0.3) is 11.0 Å². The molecule has 150 valence electrons. The molecule has 0 atom stereocenters. The molecule has 1 N–H and O–H groups in total. The molecule has 1 amide bonds. The summed E-state index contributed by atoms with van der Waals surface area (Å²) in [5, 5.41) is 3.58. The number of rotatable bonds is 8. The number of ether oxygens (including phenoxy) is 1. The summed E-state index contributed by atoms with van der Waals surface area (Å²) in [4.78, 5) is 35.8. The fourth-order valence-electron chi connectivity index (χ4n) is 2.91. The fourth-order valence-corrected chi connectivity index (χ4v) is 2.91. The van der Waals surface area contributed by atoms with Crippen molar-refractivity contribution in [3.8, 4) is 0 Å². The SMILES string of the molecule is CCC(=O)Nc1ccc(C(=O)COC(=O)Cc2coc3cc(CC)ccc23)cc1.